The van der Waals surface area contributed by atoms with Gasteiger partial charge in [-0.1, -0.05) is 12.1 Å². The Hall–Kier alpha value is -4.19. The predicted molar refractivity (Wildman–Crippen MR) is 106 cm³/mol. The maximum atomic E-state index is 12.4. The summed E-state index contributed by atoms with van der Waals surface area (Å²) in [4.78, 5) is 34.6. The van der Waals surface area contributed by atoms with Crippen LogP contribution in [0.5, 0.6) is 11.5 Å². The Kier molecular flexibility index (Phi) is 7.25. The number of nitrogens with zero attached hydrogens (tertiary/aromatic N) is 2. The first-order valence-corrected chi connectivity index (χ1v) is 8.74. The maximum Gasteiger partial charge on any atom is 0.348 e. The second-order valence-electron chi connectivity index (χ2n) is 5.95. The highest BCUT2D eigenvalue weighted by molar-refractivity contribution is 5.98. The van der Waals surface area contributed by atoms with Crippen molar-refractivity contribution in [1.82, 2.24) is 0 Å². The molecule has 0 aliphatic carbocycles. The lowest BCUT2D eigenvalue weighted by atomic mass is 10.1. The molecule has 2 aromatic rings. The van der Waals surface area contributed by atoms with Crippen molar-refractivity contribution in [2.45, 2.75) is 13.8 Å². The Labute approximate surface area is 172 Å². The molecule has 0 fully saturated rings. The van der Waals surface area contributed by atoms with Crippen LogP contribution < -0.4 is 9.47 Å². The second kappa shape index (κ2) is 9.84. The number of carbonyl (C=O) groups is 2. The van der Waals surface area contributed by atoms with Crippen molar-refractivity contribution in [1.29, 1.82) is 5.26 Å². The van der Waals surface area contributed by atoms with Crippen LogP contribution in [0.4, 0.5) is 5.69 Å². The minimum Gasteiger partial charge on any atom is -0.493 e. The lowest BCUT2D eigenvalue weighted by Crippen LogP contribution is -2.10. The zero-order chi connectivity index (χ0) is 22.3. The molecular formula is C21H18N2O7. The molecule has 9 heteroatoms. The average Bonchev–Trinajstić information content (AvgIpc) is 2.72. The molecular weight excluding hydrogens is 392 g/mol. The standard InChI is InChI=1S/C21H18N2O7/c1-4-29-20(24)16(12-22)9-14-6-8-18(19(10-14)28-3)30-21(25)15-7-5-13(2)17(11-15)23(26)27/h5-11H,4H2,1-3H3/b16-9+. The van der Waals surface area contributed by atoms with E-state index in [1.54, 1.807) is 19.9 Å². The van der Waals surface area contributed by atoms with E-state index < -0.39 is 16.9 Å². The summed E-state index contributed by atoms with van der Waals surface area (Å²) in [6, 6.07) is 10.2. The Morgan fingerprint density at radius 1 is 1.20 bits per heavy atom. The van der Waals surface area contributed by atoms with E-state index in [1.807, 2.05) is 0 Å². The monoisotopic (exact) mass is 410 g/mol. The molecule has 0 atom stereocenters. The normalized spacial score (nSPS) is 10.7. The number of esters is 2. The first-order chi connectivity index (χ1) is 14.3. The van der Waals surface area contributed by atoms with Crippen LogP contribution in [0.15, 0.2) is 42.0 Å². The number of aryl methyl sites for hydroxylation is 1. The van der Waals surface area contributed by atoms with E-state index in [-0.39, 0.29) is 34.9 Å². The molecule has 0 bridgehead atoms. The number of carbonyl (C=O) groups excluding carboxylic acids is 2. The molecule has 0 amide bonds. The number of benzene rings is 2. The van der Waals surface area contributed by atoms with Crippen molar-refractivity contribution < 1.29 is 28.7 Å². The van der Waals surface area contributed by atoms with Crippen LogP contribution in [0.1, 0.15) is 28.4 Å². The SMILES string of the molecule is CCOC(=O)/C(C#N)=C/c1ccc(OC(=O)c2ccc(C)c([N+](=O)[O-])c2)c(OC)c1. The third-order valence-corrected chi connectivity index (χ3v) is 3.96. The Balaban J connectivity index is 2.30. The van der Waals surface area contributed by atoms with Crippen molar-refractivity contribution in [3.05, 3.63) is 68.8 Å². The number of methoxy groups -OCH3 is 1. The summed E-state index contributed by atoms with van der Waals surface area (Å²) in [5.74, 6) is -1.32. The minimum atomic E-state index is -0.802. The zero-order valence-electron chi connectivity index (χ0n) is 16.5. The molecule has 0 unspecified atom stereocenters. The molecule has 2 rings (SSSR count). The van der Waals surface area contributed by atoms with Crippen LogP contribution in [0.2, 0.25) is 0 Å². The Morgan fingerprint density at radius 2 is 1.93 bits per heavy atom. The van der Waals surface area contributed by atoms with Gasteiger partial charge >= 0.3 is 11.9 Å². The van der Waals surface area contributed by atoms with Crippen molar-refractivity contribution >= 4 is 23.7 Å². The first kappa shape index (κ1) is 22.1. The number of nitro groups is 1. The predicted octanol–water partition coefficient (Wildman–Crippen LogP) is 3.60. The molecule has 30 heavy (non-hydrogen) atoms. The van der Waals surface area contributed by atoms with Gasteiger partial charge in [-0.25, -0.2) is 9.59 Å². The van der Waals surface area contributed by atoms with Gasteiger partial charge in [-0.2, -0.15) is 5.26 Å². The first-order valence-electron chi connectivity index (χ1n) is 8.74. The molecule has 0 spiro atoms. The van der Waals surface area contributed by atoms with E-state index in [9.17, 15) is 19.7 Å². The van der Waals surface area contributed by atoms with Gasteiger partial charge in [0.25, 0.3) is 5.69 Å². The van der Waals surface area contributed by atoms with E-state index in [1.165, 1.54) is 43.5 Å². The van der Waals surface area contributed by atoms with Crippen LogP contribution in [-0.4, -0.2) is 30.6 Å². The summed E-state index contributed by atoms with van der Waals surface area (Å²) in [6.07, 6.45) is 1.31. The average molecular weight is 410 g/mol. The minimum absolute atomic E-state index is 0.00685. The fraction of sp³-hybridized carbons (Fsp3) is 0.190. The van der Waals surface area contributed by atoms with E-state index in [4.69, 9.17) is 19.5 Å². The van der Waals surface area contributed by atoms with Crippen LogP contribution in [0.25, 0.3) is 6.08 Å². The summed E-state index contributed by atoms with van der Waals surface area (Å²) in [5.41, 5.74) is 0.477. The van der Waals surface area contributed by atoms with Crippen molar-refractivity contribution in [3.63, 3.8) is 0 Å². The molecule has 0 heterocycles. The number of ether oxygens (including phenoxy) is 3. The number of nitro benzene ring substituents is 1. The van der Waals surface area contributed by atoms with Crippen molar-refractivity contribution in [2.24, 2.45) is 0 Å². The van der Waals surface area contributed by atoms with E-state index in [2.05, 4.69) is 0 Å². The van der Waals surface area contributed by atoms with Crippen molar-refractivity contribution in [2.75, 3.05) is 13.7 Å². The van der Waals surface area contributed by atoms with E-state index in [0.717, 1.165) is 6.07 Å². The van der Waals surface area contributed by atoms with Gasteiger partial charge in [0, 0.05) is 11.6 Å². The van der Waals surface area contributed by atoms with Crippen LogP contribution in [-0.2, 0) is 9.53 Å². The van der Waals surface area contributed by atoms with Gasteiger partial charge in [0.1, 0.15) is 11.6 Å². The summed E-state index contributed by atoms with van der Waals surface area (Å²) in [5, 5.41) is 20.2. The molecule has 9 nitrogen and oxygen atoms in total. The smallest absolute Gasteiger partial charge is 0.348 e. The highest BCUT2D eigenvalue weighted by atomic mass is 16.6. The molecule has 0 radical (unpaired) electrons. The van der Waals surface area contributed by atoms with Gasteiger partial charge in [-0.05, 0) is 43.7 Å². The quantitative estimate of drug-likeness (QED) is 0.169. The topological polar surface area (TPSA) is 129 Å². The second-order valence-corrected chi connectivity index (χ2v) is 5.95. The zero-order valence-corrected chi connectivity index (χ0v) is 16.5. The number of rotatable bonds is 7. The number of hydrogen-bond acceptors (Lipinski definition) is 8. The lowest BCUT2D eigenvalue weighted by Gasteiger charge is -2.10. The van der Waals surface area contributed by atoms with Gasteiger partial charge in [0.15, 0.2) is 11.5 Å². The van der Waals surface area contributed by atoms with E-state index in [0.29, 0.717) is 11.1 Å². The third kappa shape index (κ3) is 5.20. The van der Waals surface area contributed by atoms with Crippen LogP contribution >= 0.6 is 0 Å². The Bertz CT molecular complexity index is 1070. The number of nitriles is 1. The van der Waals surface area contributed by atoms with Gasteiger partial charge < -0.3 is 14.2 Å². The molecule has 0 N–H and O–H groups in total. The van der Waals surface area contributed by atoms with Gasteiger partial charge in [-0.15, -0.1) is 0 Å². The van der Waals surface area contributed by atoms with Crippen LogP contribution in [0.3, 0.4) is 0 Å². The summed E-state index contributed by atoms with van der Waals surface area (Å²) >= 11 is 0. The summed E-state index contributed by atoms with van der Waals surface area (Å²) < 4.78 is 15.3. The fourth-order valence-electron chi connectivity index (χ4n) is 2.46. The van der Waals surface area contributed by atoms with Gasteiger partial charge in [0.2, 0.25) is 0 Å². The van der Waals surface area contributed by atoms with Crippen LogP contribution in [0, 0.1) is 28.4 Å². The molecule has 2 aromatic carbocycles. The highest BCUT2D eigenvalue weighted by Gasteiger charge is 2.18. The summed E-state index contributed by atoms with van der Waals surface area (Å²) in [6.45, 7) is 3.32. The molecule has 0 saturated heterocycles. The molecule has 0 aliphatic rings. The molecule has 0 aromatic heterocycles. The van der Waals surface area contributed by atoms with E-state index >= 15 is 0 Å². The lowest BCUT2D eigenvalue weighted by molar-refractivity contribution is -0.385. The largest absolute Gasteiger partial charge is 0.493 e. The maximum absolute atomic E-state index is 12.4. The molecule has 0 aliphatic heterocycles. The third-order valence-electron chi connectivity index (χ3n) is 3.96. The Morgan fingerprint density at radius 3 is 2.53 bits per heavy atom. The number of hydrogen-bond donors (Lipinski definition) is 0. The van der Waals surface area contributed by atoms with Gasteiger partial charge in [0.05, 0.1) is 24.2 Å². The summed E-state index contributed by atoms with van der Waals surface area (Å²) in [7, 11) is 1.35. The van der Waals surface area contributed by atoms with Gasteiger partial charge in [-0.3, -0.25) is 10.1 Å². The fourth-order valence-corrected chi connectivity index (χ4v) is 2.46. The van der Waals surface area contributed by atoms with Crippen molar-refractivity contribution in [3.8, 4) is 17.6 Å². The molecule has 154 valence electrons. The highest BCUT2D eigenvalue weighted by Crippen LogP contribution is 2.30. The molecule has 0 saturated carbocycles.